The van der Waals surface area contributed by atoms with Crippen LogP contribution >= 0.6 is 0 Å². The fourth-order valence-electron chi connectivity index (χ4n) is 1.77. The molecule has 4 nitrogen and oxygen atoms in total. The van der Waals surface area contributed by atoms with E-state index in [4.69, 9.17) is 5.73 Å². The van der Waals surface area contributed by atoms with Crippen molar-refractivity contribution < 1.29 is 18.3 Å². The van der Waals surface area contributed by atoms with Crippen LogP contribution in [0, 0.1) is 0 Å². The molecule has 0 aliphatic carbocycles. The molecule has 0 spiro atoms. The van der Waals surface area contributed by atoms with E-state index < -0.39 is 12.5 Å². The fraction of sp³-hybridized carbons (Fsp3) is 0.133. The second kappa shape index (κ2) is 6.69. The monoisotopic (exact) mass is 292 g/mol. The first-order chi connectivity index (χ1) is 10.1. The Morgan fingerprint density at radius 2 is 1.81 bits per heavy atom. The Balaban J connectivity index is 2.05. The first-order valence-electron chi connectivity index (χ1n) is 6.22. The number of anilines is 1. The summed E-state index contributed by atoms with van der Waals surface area (Å²) < 4.78 is 28.9. The minimum absolute atomic E-state index is 0.0632. The highest BCUT2D eigenvalue weighted by Crippen LogP contribution is 2.20. The van der Waals surface area contributed by atoms with Crippen LogP contribution in [0.3, 0.4) is 0 Å². The summed E-state index contributed by atoms with van der Waals surface area (Å²) in [4.78, 5) is 12.0. The Labute approximate surface area is 120 Å². The van der Waals surface area contributed by atoms with Crippen LogP contribution in [0.15, 0.2) is 48.5 Å². The summed E-state index contributed by atoms with van der Waals surface area (Å²) in [5.41, 5.74) is 7.11. The smallest absolute Gasteiger partial charge is 0.387 e. The molecule has 1 amide bonds. The lowest BCUT2D eigenvalue weighted by Crippen LogP contribution is -2.23. The zero-order valence-corrected chi connectivity index (χ0v) is 11.1. The van der Waals surface area contributed by atoms with Crippen LogP contribution in [0.5, 0.6) is 5.75 Å². The van der Waals surface area contributed by atoms with E-state index in [1.807, 2.05) is 0 Å². The number of amides is 1. The standard InChI is InChI=1S/C15H14F2N2O2/c16-15(17)21-13-4-2-1-3-12(13)14(20)19-9-10-5-7-11(18)8-6-10/h1-8,15H,9,18H2,(H,19,20). The summed E-state index contributed by atoms with van der Waals surface area (Å²) >= 11 is 0. The number of hydrogen-bond donors (Lipinski definition) is 2. The first-order valence-corrected chi connectivity index (χ1v) is 6.22. The summed E-state index contributed by atoms with van der Waals surface area (Å²) in [6, 6.07) is 12.8. The highest BCUT2D eigenvalue weighted by molar-refractivity contribution is 5.96. The second-order valence-corrected chi connectivity index (χ2v) is 4.30. The van der Waals surface area contributed by atoms with Gasteiger partial charge in [-0.15, -0.1) is 0 Å². The van der Waals surface area contributed by atoms with Gasteiger partial charge in [0, 0.05) is 12.2 Å². The minimum atomic E-state index is -2.98. The molecule has 3 N–H and O–H groups in total. The van der Waals surface area contributed by atoms with Gasteiger partial charge < -0.3 is 15.8 Å². The van der Waals surface area contributed by atoms with Crippen molar-refractivity contribution in [3.63, 3.8) is 0 Å². The van der Waals surface area contributed by atoms with Crippen molar-refractivity contribution in [1.82, 2.24) is 5.32 Å². The number of nitrogen functional groups attached to an aromatic ring is 1. The summed E-state index contributed by atoms with van der Waals surface area (Å²) in [6.07, 6.45) is 0. The molecule has 0 fully saturated rings. The number of rotatable bonds is 5. The summed E-state index contributed by atoms with van der Waals surface area (Å²) in [5, 5.41) is 2.64. The van der Waals surface area contributed by atoms with Gasteiger partial charge in [-0.2, -0.15) is 8.78 Å². The molecule has 2 aromatic rings. The lowest BCUT2D eigenvalue weighted by atomic mass is 10.1. The predicted octanol–water partition coefficient (Wildman–Crippen LogP) is 2.80. The van der Waals surface area contributed by atoms with Crippen molar-refractivity contribution in [2.45, 2.75) is 13.2 Å². The topological polar surface area (TPSA) is 64.3 Å². The summed E-state index contributed by atoms with van der Waals surface area (Å²) in [6.45, 7) is -2.71. The Bertz CT molecular complexity index is 615. The van der Waals surface area contributed by atoms with Crippen LogP contribution in [0.2, 0.25) is 0 Å². The van der Waals surface area contributed by atoms with Crippen molar-refractivity contribution in [2.75, 3.05) is 5.73 Å². The highest BCUT2D eigenvalue weighted by atomic mass is 19.3. The van der Waals surface area contributed by atoms with E-state index in [-0.39, 0.29) is 17.9 Å². The third-order valence-corrected chi connectivity index (χ3v) is 2.78. The number of para-hydroxylation sites is 1. The predicted molar refractivity (Wildman–Crippen MR) is 75.1 cm³/mol. The van der Waals surface area contributed by atoms with Crippen LogP contribution in [0.25, 0.3) is 0 Å². The van der Waals surface area contributed by atoms with Crippen LogP contribution in [-0.2, 0) is 6.54 Å². The number of ether oxygens (including phenoxy) is 1. The third-order valence-electron chi connectivity index (χ3n) is 2.78. The molecule has 21 heavy (non-hydrogen) atoms. The van der Waals surface area contributed by atoms with E-state index in [2.05, 4.69) is 10.1 Å². The van der Waals surface area contributed by atoms with Gasteiger partial charge in [-0.25, -0.2) is 0 Å². The number of hydrogen-bond acceptors (Lipinski definition) is 3. The molecule has 0 bridgehead atoms. The van der Waals surface area contributed by atoms with Gasteiger partial charge in [-0.05, 0) is 29.8 Å². The maximum Gasteiger partial charge on any atom is 0.387 e. The van der Waals surface area contributed by atoms with Crippen molar-refractivity contribution in [1.29, 1.82) is 0 Å². The molecule has 0 heterocycles. The van der Waals surface area contributed by atoms with Crippen molar-refractivity contribution >= 4 is 11.6 Å². The fourth-order valence-corrected chi connectivity index (χ4v) is 1.77. The van der Waals surface area contributed by atoms with Gasteiger partial charge >= 0.3 is 6.61 Å². The Hall–Kier alpha value is -2.63. The molecule has 110 valence electrons. The first kappa shape index (κ1) is 14.8. The van der Waals surface area contributed by atoms with Gasteiger partial charge in [0.15, 0.2) is 0 Å². The second-order valence-electron chi connectivity index (χ2n) is 4.30. The van der Waals surface area contributed by atoms with Gasteiger partial charge in [-0.3, -0.25) is 4.79 Å². The molecule has 6 heteroatoms. The summed E-state index contributed by atoms with van der Waals surface area (Å²) in [7, 11) is 0. The zero-order chi connectivity index (χ0) is 15.2. The quantitative estimate of drug-likeness (QED) is 0.833. The molecule has 0 radical (unpaired) electrons. The van der Waals surface area contributed by atoms with E-state index in [0.29, 0.717) is 5.69 Å². The molecule has 0 saturated heterocycles. The average molecular weight is 292 g/mol. The number of nitrogens with one attached hydrogen (secondary N) is 1. The number of carbonyl (C=O) groups excluding carboxylic acids is 1. The van der Waals surface area contributed by atoms with Gasteiger partial charge in [0.2, 0.25) is 0 Å². The SMILES string of the molecule is Nc1ccc(CNC(=O)c2ccccc2OC(F)F)cc1. The maximum atomic E-state index is 12.3. The Morgan fingerprint density at radius 1 is 1.14 bits per heavy atom. The molecule has 0 saturated carbocycles. The lowest BCUT2D eigenvalue weighted by Gasteiger charge is -2.11. The largest absolute Gasteiger partial charge is 0.434 e. The molecule has 0 unspecified atom stereocenters. The number of halogens is 2. The van der Waals surface area contributed by atoms with Gasteiger partial charge in [0.05, 0.1) is 5.56 Å². The van der Waals surface area contributed by atoms with Crippen molar-refractivity contribution in [2.24, 2.45) is 0 Å². The molecule has 0 aliphatic heterocycles. The normalized spacial score (nSPS) is 10.4. The van der Waals surface area contributed by atoms with E-state index in [0.717, 1.165) is 5.56 Å². The molecule has 0 atom stereocenters. The lowest BCUT2D eigenvalue weighted by molar-refractivity contribution is -0.0501. The van der Waals surface area contributed by atoms with Gasteiger partial charge in [0.1, 0.15) is 5.75 Å². The molecule has 2 aromatic carbocycles. The van der Waals surface area contributed by atoms with Crippen LogP contribution in [0.4, 0.5) is 14.5 Å². The van der Waals surface area contributed by atoms with E-state index in [1.54, 1.807) is 30.3 Å². The summed E-state index contributed by atoms with van der Waals surface area (Å²) in [5.74, 6) is -0.634. The minimum Gasteiger partial charge on any atom is -0.434 e. The number of alkyl halides is 2. The van der Waals surface area contributed by atoms with E-state index in [1.165, 1.54) is 18.2 Å². The molecule has 2 rings (SSSR count). The van der Waals surface area contributed by atoms with Crippen molar-refractivity contribution in [3.05, 3.63) is 59.7 Å². The molecule has 0 aliphatic rings. The average Bonchev–Trinajstić information content (AvgIpc) is 2.46. The van der Waals surface area contributed by atoms with Crippen molar-refractivity contribution in [3.8, 4) is 5.75 Å². The van der Waals surface area contributed by atoms with E-state index in [9.17, 15) is 13.6 Å². The number of carbonyl (C=O) groups is 1. The van der Waals surface area contributed by atoms with Crippen LogP contribution in [0.1, 0.15) is 15.9 Å². The highest BCUT2D eigenvalue weighted by Gasteiger charge is 2.14. The van der Waals surface area contributed by atoms with Gasteiger partial charge in [-0.1, -0.05) is 24.3 Å². The molecular formula is C15H14F2N2O2. The molecular weight excluding hydrogens is 278 g/mol. The number of nitrogens with two attached hydrogens (primary N) is 1. The van der Waals surface area contributed by atoms with Crippen LogP contribution in [-0.4, -0.2) is 12.5 Å². The third kappa shape index (κ3) is 4.17. The Morgan fingerprint density at radius 3 is 2.48 bits per heavy atom. The van der Waals surface area contributed by atoms with Crippen LogP contribution < -0.4 is 15.8 Å². The van der Waals surface area contributed by atoms with Gasteiger partial charge in [0.25, 0.3) is 5.91 Å². The maximum absolute atomic E-state index is 12.3. The zero-order valence-electron chi connectivity index (χ0n) is 11.1. The Kier molecular flexibility index (Phi) is 4.71. The van der Waals surface area contributed by atoms with E-state index >= 15 is 0 Å². The molecule has 0 aromatic heterocycles. The number of benzene rings is 2.